The Hall–Kier alpha value is -3.66. The number of carbonyl (C=O) groups is 2. The number of hydrogen-bond donors (Lipinski definition) is 1. The van der Waals surface area contributed by atoms with Crippen molar-refractivity contribution >= 4 is 24.1 Å². The molecular formula is C26H28O4. The lowest BCUT2D eigenvalue weighted by Gasteiger charge is -1.97. The van der Waals surface area contributed by atoms with Gasteiger partial charge < -0.3 is 9.84 Å². The van der Waals surface area contributed by atoms with Crippen molar-refractivity contribution in [2.24, 2.45) is 0 Å². The average Bonchev–Trinajstić information content (AvgIpc) is 2.78. The highest BCUT2D eigenvalue weighted by atomic mass is 16.5. The number of hydrogen-bond acceptors (Lipinski definition) is 3. The van der Waals surface area contributed by atoms with Crippen molar-refractivity contribution in [1.82, 2.24) is 0 Å². The lowest BCUT2D eigenvalue weighted by Crippen LogP contribution is -2.00. The van der Waals surface area contributed by atoms with Crippen molar-refractivity contribution in [3.05, 3.63) is 107 Å². The van der Waals surface area contributed by atoms with Crippen LogP contribution in [0.1, 0.15) is 31.9 Å². The van der Waals surface area contributed by atoms with Gasteiger partial charge in [-0.1, -0.05) is 91.0 Å². The van der Waals surface area contributed by atoms with Gasteiger partial charge in [0, 0.05) is 11.1 Å². The molecule has 0 heterocycles. The topological polar surface area (TPSA) is 63.6 Å². The van der Waals surface area contributed by atoms with Crippen molar-refractivity contribution in [2.45, 2.75) is 20.8 Å². The summed E-state index contributed by atoms with van der Waals surface area (Å²) in [5, 5.41) is 8.76. The van der Waals surface area contributed by atoms with Crippen LogP contribution in [0.25, 0.3) is 12.2 Å². The number of carbonyl (C=O) groups excluding carboxylic acids is 1. The molecule has 0 aromatic heterocycles. The summed E-state index contributed by atoms with van der Waals surface area (Å²) in [5.41, 5.74) is 3.90. The first-order valence-electron chi connectivity index (χ1n) is 9.47. The molecule has 2 aromatic rings. The molecule has 0 radical (unpaired) electrons. The number of benzene rings is 2. The maximum absolute atomic E-state index is 11.0. The van der Waals surface area contributed by atoms with E-state index in [2.05, 4.69) is 4.74 Å². The molecule has 4 heteroatoms. The zero-order valence-electron chi connectivity index (χ0n) is 17.8. The van der Waals surface area contributed by atoms with Crippen LogP contribution in [0.2, 0.25) is 0 Å². The Bertz CT molecular complexity index is 934. The summed E-state index contributed by atoms with van der Waals surface area (Å²) >= 11 is 0. The van der Waals surface area contributed by atoms with Crippen LogP contribution in [-0.2, 0) is 14.3 Å². The molecule has 2 aromatic carbocycles. The summed E-state index contributed by atoms with van der Waals surface area (Å²) in [6, 6.07) is 19.7. The Morgan fingerprint density at radius 2 is 1.33 bits per heavy atom. The van der Waals surface area contributed by atoms with Crippen LogP contribution in [0, 0.1) is 0 Å². The van der Waals surface area contributed by atoms with E-state index in [9.17, 15) is 9.59 Å². The molecular weight excluding hydrogens is 376 g/mol. The van der Waals surface area contributed by atoms with E-state index in [1.165, 1.54) is 7.11 Å². The molecule has 0 fully saturated rings. The van der Waals surface area contributed by atoms with Crippen LogP contribution < -0.4 is 0 Å². The van der Waals surface area contributed by atoms with Gasteiger partial charge in [0.25, 0.3) is 0 Å². The molecule has 0 unspecified atom stereocenters. The SMILES string of the molecule is CC(C=Cc1ccccc1)=C(C)C(=O)O.COC(=O)C(C)=CC=Cc1ccccc1. The second-order valence-electron chi connectivity index (χ2n) is 6.47. The quantitative estimate of drug-likeness (QED) is 0.368. The Morgan fingerprint density at radius 1 is 0.833 bits per heavy atom. The van der Waals surface area contributed by atoms with Crippen molar-refractivity contribution in [3.8, 4) is 0 Å². The molecule has 30 heavy (non-hydrogen) atoms. The molecule has 0 aliphatic heterocycles. The summed E-state index contributed by atoms with van der Waals surface area (Å²) in [6.45, 7) is 5.12. The predicted octanol–water partition coefficient (Wildman–Crippen LogP) is 5.94. The standard InChI is InChI=1S/2C13H14O2/c1-11(13(14)15-2)7-6-10-12-8-4-3-5-9-12;1-10(11(2)13(14)15)8-9-12-6-4-3-5-7-12/h3-10H,1-2H3;3-9H,1-2H3,(H,14,15). The molecule has 0 saturated carbocycles. The first kappa shape index (κ1) is 24.4. The van der Waals surface area contributed by atoms with E-state index in [0.29, 0.717) is 11.1 Å². The van der Waals surface area contributed by atoms with Crippen LogP contribution in [0.3, 0.4) is 0 Å². The number of methoxy groups -OCH3 is 1. The van der Waals surface area contributed by atoms with Gasteiger partial charge in [-0.2, -0.15) is 0 Å². The summed E-state index contributed by atoms with van der Waals surface area (Å²) in [5.74, 6) is -1.17. The van der Waals surface area contributed by atoms with Crippen LogP contribution >= 0.6 is 0 Å². The molecule has 0 spiro atoms. The van der Waals surface area contributed by atoms with Gasteiger partial charge in [0.05, 0.1) is 7.11 Å². The van der Waals surface area contributed by atoms with Gasteiger partial charge in [-0.25, -0.2) is 9.59 Å². The maximum atomic E-state index is 11.0. The molecule has 0 bridgehead atoms. The number of aliphatic carboxylic acids is 1. The van der Waals surface area contributed by atoms with Crippen molar-refractivity contribution < 1.29 is 19.4 Å². The van der Waals surface area contributed by atoms with Gasteiger partial charge in [-0.3, -0.25) is 0 Å². The van der Waals surface area contributed by atoms with Crippen LogP contribution in [0.4, 0.5) is 0 Å². The Balaban J connectivity index is 0.000000300. The fourth-order valence-electron chi connectivity index (χ4n) is 2.18. The number of ether oxygens (including phenoxy) is 1. The monoisotopic (exact) mass is 404 g/mol. The van der Waals surface area contributed by atoms with Crippen LogP contribution in [-0.4, -0.2) is 24.2 Å². The summed E-state index contributed by atoms with van der Waals surface area (Å²) in [6.07, 6.45) is 9.23. The Kier molecular flexibility index (Phi) is 11.0. The molecule has 1 N–H and O–H groups in total. The van der Waals surface area contributed by atoms with Gasteiger partial charge in [-0.05, 0) is 37.5 Å². The van der Waals surface area contributed by atoms with Gasteiger partial charge in [0.15, 0.2) is 0 Å². The summed E-state index contributed by atoms with van der Waals surface area (Å²) in [4.78, 5) is 21.7. The number of esters is 1. The minimum Gasteiger partial charge on any atom is -0.478 e. The minimum absolute atomic E-state index is 0.298. The lowest BCUT2D eigenvalue weighted by molar-refractivity contribution is -0.136. The van der Waals surface area contributed by atoms with E-state index >= 15 is 0 Å². The summed E-state index contributed by atoms with van der Waals surface area (Å²) in [7, 11) is 1.38. The van der Waals surface area contributed by atoms with E-state index in [1.807, 2.05) is 85.0 Å². The number of rotatable bonds is 6. The number of allylic oxidation sites excluding steroid dienone is 4. The van der Waals surface area contributed by atoms with E-state index in [-0.39, 0.29) is 5.97 Å². The van der Waals surface area contributed by atoms with Gasteiger partial charge in [0.1, 0.15) is 0 Å². The van der Waals surface area contributed by atoms with Crippen molar-refractivity contribution in [2.75, 3.05) is 7.11 Å². The molecule has 0 aliphatic rings. The third-order valence-electron chi connectivity index (χ3n) is 4.18. The lowest BCUT2D eigenvalue weighted by atomic mass is 10.1. The molecule has 156 valence electrons. The summed E-state index contributed by atoms with van der Waals surface area (Å²) < 4.78 is 4.57. The van der Waals surface area contributed by atoms with Crippen molar-refractivity contribution in [1.29, 1.82) is 0 Å². The zero-order chi connectivity index (χ0) is 22.4. The molecule has 0 saturated heterocycles. The fraction of sp³-hybridized carbons (Fsp3) is 0.154. The molecule has 0 aliphatic carbocycles. The largest absolute Gasteiger partial charge is 0.478 e. The Morgan fingerprint density at radius 3 is 1.80 bits per heavy atom. The highest BCUT2D eigenvalue weighted by Gasteiger charge is 2.01. The number of carboxylic acid groups (broad SMARTS) is 1. The third-order valence-corrected chi connectivity index (χ3v) is 4.18. The average molecular weight is 405 g/mol. The molecule has 0 atom stereocenters. The van der Waals surface area contributed by atoms with Gasteiger partial charge in [-0.15, -0.1) is 0 Å². The fourth-order valence-corrected chi connectivity index (χ4v) is 2.18. The van der Waals surface area contributed by atoms with Gasteiger partial charge >= 0.3 is 11.9 Å². The molecule has 0 amide bonds. The van der Waals surface area contributed by atoms with Crippen LogP contribution in [0.15, 0.2) is 95.6 Å². The smallest absolute Gasteiger partial charge is 0.333 e. The highest BCUT2D eigenvalue weighted by Crippen LogP contribution is 2.09. The second-order valence-corrected chi connectivity index (χ2v) is 6.47. The van der Waals surface area contributed by atoms with E-state index in [0.717, 1.165) is 16.7 Å². The first-order valence-corrected chi connectivity index (χ1v) is 9.47. The first-order chi connectivity index (χ1) is 14.3. The van der Waals surface area contributed by atoms with Crippen LogP contribution in [0.5, 0.6) is 0 Å². The molecule has 2 rings (SSSR count). The predicted molar refractivity (Wildman–Crippen MR) is 123 cm³/mol. The van der Waals surface area contributed by atoms with Crippen molar-refractivity contribution in [3.63, 3.8) is 0 Å². The normalized spacial score (nSPS) is 12.2. The highest BCUT2D eigenvalue weighted by molar-refractivity contribution is 5.88. The second kappa shape index (κ2) is 13.5. The Labute approximate surface area is 178 Å². The minimum atomic E-state index is -0.870. The zero-order valence-corrected chi connectivity index (χ0v) is 17.8. The van der Waals surface area contributed by atoms with E-state index in [1.54, 1.807) is 26.8 Å². The van der Waals surface area contributed by atoms with E-state index < -0.39 is 5.97 Å². The van der Waals surface area contributed by atoms with E-state index in [4.69, 9.17) is 5.11 Å². The van der Waals surface area contributed by atoms with Gasteiger partial charge in [0.2, 0.25) is 0 Å². The number of carboxylic acids is 1. The molecule has 4 nitrogen and oxygen atoms in total. The third kappa shape index (κ3) is 9.51. The maximum Gasteiger partial charge on any atom is 0.333 e.